The Hall–Kier alpha value is -1.84. The van der Waals surface area contributed by atoms with E-state index in [9.17, 15) is 9.59 Å². The first-order valence-corrected chi connectivity index (χ1v) is 8.93. The summed E-state index contributed by atoms with van der Waals surface area (Å²) in [5.74, 6) is 0.470. The molecule has 0 bridgehead atoms. The van der Waals surface area contributed by atoms with Gasteiger partial charge in [0.1, 0.15) is 0 Å². The van der Waals surface area contributed by atoms with Crippen molar-refractivity contribution in [1.29, 1.82) is 0 Å². The second kappa shape index (κ2) is 7.82. The summed E-state index contributed by atoms with van der Waals surface area (Å²) >= 11 is 0. The van der Waals surface area contributed by atoms with Crippen LogP contribution in [0.5, 0.6) is 0 Å². The molecule has 1 N–H and O–H groups in total. The zero-order valence-corrected chi connectivity index (χ0v) is 15.5. The van der Waals surface area contributed by atoms with Crippen LogP contribution in [-0.2, 0) is 9.59 Å². The molecule has 0 aromatic heterocycles. The molecule has 0 unspecified atom stereocenters. The molecule has 1 fully saturated rings. The van der Waals surface area contributed by atoms with Gasteiger partial charge >= 0.3 is 0 Å². The minimum Gasteiger partial charge on any atom is -0.356 e. The Bertz CT molecular complexity index is 595. The van der Waals surface area contributed by atoms with Gasteiger partial charge in [-0.1, -0.05) is 52.0 Å². The standard InChI is InChI=1S/C20H30N2O2/c1-13(2)10-21-19(23)18-12-22(20(24)14(3)4)11-17(18)16-9-7-6-8-15(16)5/h6-9,13-14,17-18H,10-12H2,1-5H3,(H,21,23)/t17-,18+/m0/s1. The third-order valence-electron chi connectivity index (χ3n) is 4.73. The molecule has 1 aromatic rings. The highest BCUT2D eigenvalue weighted by Crippen LogP contribution is 2.35. The number of benzene rings is 1. The second-order valence-electron chi connectivity index (χ2n) is 7.61. The van der Waals surface area contributed by atoms with Crippen molar-refractivity contribution < 1.29 is 9.59 Å². The maximum atomic E-state index is 12.7. The van der Waals surface area contributed by atoms with E-state index in [1.807, 2.05) is 30.9 Å². The van der Waals surface area contributed by atoms with E-state index in [-0.39, 0.29) is 29.6 Å². The summed E-state index contributed by atoms with van der Waals surface area (Å²) < 4.78 is 0. The molecule has 132 valence electrons. The van der Waals surface area contributed by atoms with E-state index in [0.29, 0.717) is 25.6 Å². The van der Waals surface area contributed by atoms with Crippen LogP contribution in [0.2, 0.25) is 0 Å². The number of hydrogen-bond donors (Lipinski definition) is 1. The fraction of sp³-hybridized carbons (Fsp3) is 0.600. The highest BCUT2D eigenvalue weighted by Gasteiger charge is 2.41. The van der Waals surface area contributed by atoms with Gasteiger partial charge in [-0.2, -0.15) is 0 Å². The largest absolute Gasteiger partial charge is 0.356 e. The summed E-state index contributed by atoms with van der Waals surface area (Å²) in [4.78, 5) is 27.0. The molecule has 0 spiro atoms. The summed E-state index contributed by atoms with van der Waals surface area (Å²) in [5, 5.41) is 3.06. The van der Waals surface area contributed by atoms with Gasteiger partial charge in [0.15, 0.2) is 0 Å². The van der Waals surface area contributed by atoms with Crippen molar-refractivity contribution in [3.05, 3.63) is 35.4 Å². The Morgan fingerprint density at radius 2 is 1.83 bits per heavy atom. The van der Waals surface area contributed by atoms with Crippen LogP contribution in [0.4, 0.5) is 0 Å². The molecule has 0 saturated carbocycles. The summed E-state index contributed by atoms with van der Waals surface area (Å²) in [7, 11) is 0. The van der Waals surface area contributed by atoms with E-state index in [1.54, 1.807) is 0 Å². The molecule has 4 heteroatoms. The van der Waals surface area contributed by atoms with Crippen LogP contribution < -0.4 is 5.32 Å². The number of aryl methyl sites for hydroxylation is 1. The van der Waals surface area contributed by atoms with Gasteiger partial charge in [-0.25, -0.2) is 0 Å². The molecule has 1 aliphatic heterocycles. The Morgan fingerprint density at radius 1 is 1.17 bits per heavy atom. The number of rotatable bonds is 5. The van der Waals surface area contributed by atoms with Crippen molar-refractivity contribution in [2.45, 2.75) is 40.5 Å². The number of nitrogens with one attached hydrogen (secondary N) is 1. The zero-order chi connectivity index (χ0) is 17.9. The molecule has 4 nitrogen and oxygen atoms in total. The minimum absolute atomic E-state index is 0.0417. The lowest BCUT2D eigenvalue weighted by atomic mass is 9.86. The number of amides is 2. The van der Waals surface area contributed by atoms with Gasteiger partial charge in [0.2, 0.25) is 11.8 Å². The third-order valence-corrected chi connectivity index (χ3v) is 4.73. The molecule has 2 atom stereocenters. The predicted molar refractivity (Wildman–Crippen MR) is 96.7 cm³/mol. The van der Waals surface area contributed by atoms with E-state index in [0.717, 1.165) is 0 Å². The summed E-state index contributed by atoms with van der Waals surface area (Å²) in [5.41, 5.74) is 2.37. The van der Waals surface area contributed by atoms with Crippen molar-refractivity contribution >= 4 is 11.8 Å². The molecule has 1 heterocycles. The van der Waals surface area contributed by atoms with Crippen molar-refractivity contribution in [2.24, 2.45) is 17.8 Å². The van der Waals surface area contributed by atoms with Gasteiger partial charge in [-0.05, 0) is 24.0 Å². The lowest BCUT2D eigenvalue weighted by molar-refractivity contribution is -0.133. The average molecular weight is 330 g/mol. The first kappa shape index (κ1) is 18.5. The highest BCUT2D eigenvalue weighted by atomic mass is 16.2. The lowest BCUT2D eigenvalue weighted by Crippen LogP contribution is -2.37. The van der Waals surface area contributed by atoms with Crippen molar-refractivity contribution in [3.8, 4) is 0 Å². The van der Waals surface area contributed by atoms with Gasteiger partial charge in [0.05, 0.1) is 5.92 Å². The van der Waals surface area contributed by atoms with Crippen molar-refractivity contribution in [3.63, 3.8) is 0 Å². The molecule has 1 saturated heterocycles. The maximum Gasteiger partial charge on any atom is 0.225 e. The Labute approximate surface area is 145 Å². The summed E-state index contributed by atoms with van der Waals surface area (Å²) in [6.07, 6.45) is 0. The van der Waals surface area contributed by atoms with Crippen molar-refractivity contribution in [2.75, 3.05) is 19.6 Å². The summed E-state index contributed by atoms with van der Waals surface area (Å²) in [6, 6.07) is 8.19. The monoisotopic (exact) mass is 330 g/mol. The molecule has 0 radical (unpaired) electrons. The van der Waals surface area contributed by atoms with Crippen LogP contribution in [0.3, 0.4) is 0 Å². The number of carbonyl (C=O) groups excluding carboxylic acids is 2. The maximum absolute atomic E-state index is 12.7. The SMILES string of the molecule is Cc1ccccc1[C@@H]1CN(C(=O)C(C)C)C[C@H]1C(=O)NCC(C)C. The fourth-order valence-electron chi connectivity index (χ4n) is 3.37. The topological polar surface area (TPSA) is 49.4 Å². The number of likely N-dealkylation sites (tertiary alicyclic amines) is 1. The number of carbonyl (C=O) groups is 2. The molecule has 2 amide bonds. The minimum atomic E-state index is -0.174. The Kier molecular flexibility index (Phi) is 6.03. The van der Waals surface area contributed by atoms with Gasteiger partial charge in [-0.15, -0.1) is 0 Å². The van der Waals surface area contributed by atoms with Gasteiger partial charge in [-0.3, -0.25) is 9.59 Å². The van der Waals surface area contributed by atoms with E-state index in [4.69, 9.17) is 0 Å². The van der Waals surface area contributed by atoms with Crippen molar-refractivity contribution in [1.82, 2.24) is 10.2 Å². The molecule has 24 heavy (non-hydrogen) atoms. The molecule has 0 aliphatic carbocycles. The molecule has 2 rings (SSSR count). The van der Waals surface area contributed by atoms with Gasteiger partial charge < -0.3 is 10.2 Å². The van der Waals surface area contributed by atoms with E-state index in [2.05, 4.69) is 38.2 Å². The van der Waals surface area contributed by atoms with Crippen LogP contribution in [0.25, 0.3) is 0 Å². The van der Waals surface area contributed by atoms with Gasteiger partial charge in [0, 0.05) is 31.5 Å². The van der Waals surface area contributed by atoms with Crippen LogP contribution in [0.15, 0.2) is 24.3 Å². The Balaban J connectivity index is 2.24. The smallest absolute Gasteiger partial charge is 0.225 e. The molecule has 1 aromatic carbocycles. The van der Waals surface area contributed by atoms with E-state index in [1.165, 1.54) is 11.1 Å². The lowest BCUT2D eigenvalue weighted by Gasteiger charge is -2.20. The van der Waals surface area contributed by atoms with E-state index >= 15 is 0 Å². The molecular formula is C20H30N2O2. The van der Waals surface area contributed by atoms with E-state index < -0.39 is 0 Å². The average Bonchev–Trinajstić information content (AvgIpc) is 2.97. The first-order valence-electron chi connectivity index (χ1n) is 8.93. The zero-order valence-electron chi connectivity index (χ0n) is 15.5. The fourth-order valence-corrected chi connectivity index (χ4v) is 3.37. The first-order chi connectivity index (χ1) is 11.3. The molecular weight excluding hydrogens is 300 g/mol. The third kappa shape index (κ3) is 4.16. The number of hydrogen-bond acceptors (Lipinski definition) is 2. The normalized spacial score (nSPS) is 20.7. The summed E-state index contributed by atoms with van der Waals surface area (Å²) in [6.45, 7) is 11.9. The van der Waals surface area contributed by atoms with Crippen LogP contribution in [0, 0.1) is 24.7 Å². The van der Waals surface area contributed by atoms with Gasteiger partial charge in [0.25, 0.3) is 0 Å². The second-order valence-corrected chi connectivity index (χ2v) is 7.61. The molecule has 1 aliphatic rings. The Morgan fingerprint density at radius 3 is 2.42 bits per heavy atom. The van der Waals surface area contributed by atoms with Crippen LogP contribution in [0.1, 0.15) is 44.7 Å². The van der Waals surface area contributed by atoms with Crippen LogP contribution in [-0.4, -0.2) is 36.3 Å². The van der Waals surface area contributed by atoms with Crippen LogP contribution >= 0.6 is 0 Å². The quantitative estimate of drug-likeness (QED) is 0.902. The predicted octanol–water partition coefficient (Wildman–Crippen LogP) is 2.97. The highest BCUT2D eigenvalue weighted by molar-refractivity contribution is 5.84. The number of nitrogens with zero attached hydrogens (tertiary/aromatic N) is 1.